The van der Waals surface area contributed by atoms with Gasteiger partial charge in [-0.15, -0.1) is 0 Å². The van der Waals surface area contributed by atoms with Gasteiger partial charge in [-0.1, -0.05) is 55.8 Å². The minimum Gasteiger partial charge on any atom is -0.357 e. The number of aromatic amines is 1. The van der Waals surface area contributed by atoms with E-state index in [4.69, 9.17) is 11.6 Å². The topological polar surface area (TPSA) is 44.9 Å². The van der Waals surface area contributed by atoms with Crippen LogP contribution >= 0.6 is 11.6 Å². The molecule has 31 heavy (non-hydrogen) atoms. The fourth-order valence-corrected chi connectivity index (χ4v) is 3.77. The molecule has 2 N–H and O–H groups in total. The Morgan fingerprint density at radius 2 is 1.52 bits per heavy atom. The SMILES string of the molecule is CC(C)c1[nH]c(-c2ccc(F)cc2)c(-c2ccc(Cl)cc2)c1C(=O)Nc1ccccc1. The molecule has 0 spiro atoms. The predicted molar refractivity (Wildman–Crippen MR) is 125 cm³/mol. The van der Waals surface area contributed by atoms with Crippen LogP contribution in [0.15, 0.2) is 78.9 Å². The van der Waals surface area contributed by atoms with Gasteiger partial charge in [-0.2, -0.15) is 0 Å². The molecule has 1 heterocycles. The summed E-state index contributed by atoms with van der Waals surface area (Å²) in [4.78, 5) is 16.9. The molecule has 0 aliphatic heterocycles. The molecule has 1 amide bonds. The average molecular weight is 433 g/mol. The molecular weight excluding hydrogens is 411 g/mol. The van der Waals surface area contributed by atoms with E-state index in [9.17, 15) is 9.18 Å². The second-order valence-electron chi connectivity index (χ2n) is 7.65. The third-order valence-corrected chi connectivity index (χ3v) is 5.38. The summed E-state index contributed by atoms with van der Waals surface area (Å²) < 4.78 is 13.6. The van der Waals surface area contributed by atoms with Crippen LogP contribution in [-0.2, 0) is 0 Å². The predicted octanol–water partition coefficient (Wildman–Crippen LogP) is 7.52. The summed E-state index contributed by atoms with van der Waals surface area (Å²) in [5, 5.41) is 3.62. The number of nitrogens with one attached hydrogen (secondary N) is 2. The van der Waals surface area contributed by atoms with E-state index in [0.29, 0.717) is 16.3 Å². The number of H-pyrrole nitrogens is 1. The summed E-state index contributed by atoms with van der Waals surface area (Å²) in [6, 6.07) is 23.0. The van der Waals surface area contributed by atoms with Gasteiger partial charge in [-0.3, -0.25) is 4.79 Å². The molecule has 156 valence electrons. The van der Waals surface area contributed by atoms with Crippen LogP contribution in [0.3, 0.4) is 0 Å². The molecule has 4 aromatic rings. The lowest BCUT2D eigenvalue weighted by molar-refractivity contribution is 0.102. The van der Waals surface area contributed by atoms with E-state index in [1.54, 1.807) is 24.3 Å². The molecule has 5 heteroatoms. The number of rotatable bonds is 5. The van der Waals surface area contributed by atoms with Crippen LogP contribution in [0.1, 0.15) is 35.8 Å². The quantitative estimate of drug-likeness (QED) is 0.336. The maximum Gasteiger partial charge on any atom is 0.258 e. The van der Waals surface area contributed by atoms with Crippen molar-refractivity contribution in [3.63, 3.8) is 0 Å². The summed E-state index contributed by atoms with van der Waals surface area (Å²) in [5.41, 5.74) is 5.29. The van der Waals surface area contributed by atoms with Gasteiger partial charge in [-0.25, -0.2) is 4.39 Å². The molecule has 1 aromatic heterocycles. The van der Waals surface area contributed by atoms with Crippen molar-refractivity contribution in [1.82, 2.24) is 4.98 Å². The van der Waals surface area contributed by atoms with Gasteiger partial charge >= 0.3 is 0 Å². The van der Waals surface area contributed by atoms with Gasteiger partial charge < -0.3 is 10.3 Å². The first-order chi connectivity index (χ1) is 14.9. The lowest BCUT2D eigenvalue weighted by Crippen LogP contribution is -2.14. The number of halogens is 2. The molecule has 0 saturated carbocycles. The van der Waals surface area contributed by atoms with Crippen molar-refractivity contribution in [3.8, 4) is 22.4 Å². The van der Waals surface area contributed by atoms with Crippen LogP contribution in [0.25, 0.3) is 22.4 Å². The van der Waals surface area contributed by atoms with E-state index in [1.165, 1.54) is 12.1 Å². The third kappa shape index (κ3) is 4.39. The van der Waals surface area contributed by atoms with Crippen LogP contribution in [0, 0.1) is 5.82 Å². The minimum atomic E-state index is -0.311. The molecule has 0 unspecified atom stereocenters. The summed E-state index contributed by atoms with van der Waals surface area (Å²) in [6.07, 6.45) is 0. The molecular formula is C26H22ClFN2O. The van der Waals surface area contributed by atoms with Crippen LogP contribution in [0.4, 0.5) is 10.1 Å². The van der Waals surface area contributed by atoms with Crippen molar-refractivity contribution in [2.75, 3.05) is 5.32 Å². The highest BCUT2D eigenvalue weighted by molar-refractivity contribution is 6.30. The van der Waals surface area contributed by atoms with Gasteiger partial charge in [0.2, 0.25) is 0 Å². The normalized spacial score (nSPS) is 11.0. The van der Waals surface area contributed by atoms with Crippen LogP contribution < -0.4 is 5.32 Å². The Hall–Kier alpha value is -3.37. The number of hydrogen-bond acceptors (Lipinski definition) is 1. The molecule has 0 radical (unpaired) electrons. The number of benzene rings is 3. The Kier molecular flexibility index (Phi) is 5.92. The molecule has 0 saturated heterocycles. The van der Waals surface area contributed by atoms with Gasteiger partial charge in [0.1, 0.15) is 5.82 Å². The number of amides is 1. The standard InChI is InChI=1S/C26H22ClFN2O/c1-16(2)24-23(26(31)29-21-6-4-3-5-7-21)22(17-8-12-19(27)13-9-17)25(30-24)18-10-14-20(28)15-11-18/h3-16,30H,1-2H3,(H,29,31). The monoisotopic (exact) mass is 432 g/mol. The van der Waals surface area contributed by atoms with E-state index in [1.807, 2.05) is 56.3 Å². The van der Waals surface area contributed by atoms with Crippen LogP contribution in [0.5, 0.6) is 0 Å². The highest BCUT2D eigenvalue weighted by atomic mass is 35.5. The van der Waals surface area contributed by atoms with E-state index in [0.717, 1.165) is 28.1 Å². The summed E-state index contributed by atoms with van der Waals surface area (Å²) in [7, 11) is 0. The number of hydrogen-bond donors (Lipinski definition) is 2. The fourth-order valence-electron chi connectivity index (χ4n) is 3.64. The van der Waals surface area contributed by atoms with E-state index in [2.05, 4.69) is 10.3 Å². The largest absolute Gasteiger partial charge is 0.357 e. The third-order valence-electron chi connectivity index (χ3n) is 5.13. The Morgan fingerprint density at radius 1 is 0.903 bits per heavy atom. The molecule has 4 rings (SSSR count). The van der Waals surface area contributed by atoms with Gasteiger partial charge in [0.05, 0.1) is 11.3 Å². The second kappa shape index (κ2) is 8.78. The fraction of sp³-hybridized carbons (Fsp3) is 0.115. The molecule has 0 fully saturated rings. The van der Waals surface area contributed by atoms with Crippen LogP contribution in [0.2, 0.25) is 5.02 Å². The van der Waals surface area contributed by atoms with Crippen LogP contribution in [-0.4, -0.2) is 10.9 Å². The van der Waals surface area contributed by atoms with Crippen molar-refractivity contribution in [2.45, 2.75) is 19.8 Å². The average Bonchev–Trinajstić information content (AvgIpc) is 3.17. The highest BCUT2D eigenvalue weighted by Gasteiger charge is 2.26. The molecule has 3 nitrogen and oxygen atoms in total. The molecule has 3 aromatic carbocycles. The second-order valence-corrected chi connectivity index (χ2v) is 8.09. The molecule has 0 aliphatic carbocycles. The van der Waals surface area contributed by atoms with Gasteiger partial charge in [0, 0.05) is 22.0 Å². The van der Waals surface area contributed by atoms with Crippen molar-refractivity contribution >= 4 is 23.2 Å². The maximum atomic E-state index is 13.6. The Bertz CT molecular complexity index is 1200. The number of para-hydroxylation sites is 1. The first-order valence-corrected chi connectivity index (χ1v) is 10.5. The van der Waals surface area contributed by atoms with Gasteiger partial charge in [0.25, 0.3) is 5.91 Å². The lowest BCUT2D eigenvalue weighted by atomic mass is 9.94. The summed E-state index contributed by atoms with van der Waals surface area (Å²) >= 11 is 6.11. The number of anilines is 1. The first-order valence-electron chi connectivity index (χ1n) is 10.1. The Labute approximate surface area is 185 Å². The molecule has 0 bridgehead atoms. The summed E-state index contributed by atoms with van der Waals surface area (Å²) in [6.45, 7) is 4.07. The first kappa shape index (κ1) is 20.9. The smallest absolute Gasteiger partial charge is 0.258 e. The van der Waals surface area contributed by atoms with E-state index < -0.39 is 0 Å². The Balaban J connectivity index is 1.93. The lowest BCUT2D eigenvalue weighted by Gasteiger charge is -2.12. The van der Waals surface area contributed by atoms with E-state index in [-0.39, 0.29) is 17.6 Å². The zero-order valence-electron chi connectivity index (χ0n) is 17.2. The zero-order chi connectivity index (χ0) is 22.0. The van der Waals surface area contributed by atoms with Gasteiger partial charge in [-0.05, 0) is 65.6 Å². The van der Waals surface area contributed by atoms with Crippen molar-refractivity contribution in [2.24, 2.45) is 0 Å². The summed E-state index contributed by atoms with van der Waals surface area (Å²) in [5.74, 6) is -0.448. The van der Waals surface area contributed by atoms with E-state index >= 15 is 0 Å². The number of carbonyl (C=O) groups excluding carboxylic acids is 1. The zero-order valence-corrected chi connectivity index (χ0v) is 18.0. The molecule has 0 aliphatic rings. The Morgan fingerprint density at radius 3 is 2.13 bits per heavy atom. The van der Waals surface area contributed by atoms with Crippen molar-refractivity contribution in [3.05, 3.63) is 101 Å². The minimum absolute atomic E-state index is 0.0665. The molecule has 0 atom stereocenters. The number of carbonyl (C=O) groups is 1. The highest BCUT2D eigenvalue weighted by Crippen LogP contribution is 2.40. The van der Waals surface area contributed by atoms with Crippen molar-refractivity contribution in [1.29, 1.82) is 0 Å². The van der Waals surface area contributed by atoms with Crippen molar-refractivity contribution < 1.29 is 9.18 Å². The number of aromatic nitrogens is 1. The maximum absolute atomic E-state index is 13.6. The van der Waals surface area contributed by atoms with Gasteiger partial charge in [0.15, 0.2) is 0 Å².